The van der Waals surface area contributed by atoms with Gasteiger partial charge in [-0.25, -0.2) is 9.97 Å². The monoisotopic (exact) mass is 400 g/mol. The van der Waals surface area contributed by atoms with Gasteiger partial charge < -0.3 is 9.47 Å². The molecule has 0 unspecified atom stereocenters. The van der Waals surface area contributed by atoms with Gasteiger partial charge in [-0.15, -0.1) is 5.10 Å². The first-order valence-electron chi connectivity index (χ1n) is 8.25. The molecule has 2 heterocycles. The van der Waals surface area contributed by atoms with Crippen molar-refractivity contribution in [1.29, 1.82) is 0 Å². The molecule has 138 valence electrons. The maximum absolute atomic E-state index is 6.09. The molecule has 0 aliphatic carbocycles. The lowest BCUT2D eigenvalue weighted by molar-refractivity contribution is 0.355. The van der Waals surface area contributed by atoms with Gasteiger partial charge in [-0.05, 0) is 30.7 Å². The number of rotatable bonds is 5. The van der Waals surface area contributed by atoms with Crippen LogP contribution < -0.4 is 9.47 Å². The molecular weight excluding hydrogens is 384 g/mol. The van der Waals surface area contributed by atoms with E-state index in [2.05, 4.69) is 10.1 Å². The molecule has 0 fully saturated rings. The van der Waals surface area contributed by atoms with Gasteiger partial charge in [0.25, 0.3) is 0 Å². The lowest BCUT2D eigenvalue weighted by Crippen LogP contribution is -2.00. The molecule has 0 aliphatic rings. The number of ether oxygens (including phenoxy) is 2. The van der Waals surface area contributed by atoms with Crippen LogP contribution in [-0.2, 0) is 5.75 Å². The Morgan fingerprint density at radius 2 is 1.85 bits per heavy atom. The summed E-state index contributed by atoms with van der Waals surface area (Å²) < 4.78 is 12.6. The highest BCUT2D eigenvalue weighted by Gasteiger charge is 2.16. The molecule has 4 aromatic rings. The Bertz CT molecular complexity index is 1150. The number of thioether (sulfide) groups is 1. The Hall–Kier alpha value is -2.51. The summed E-state index contributed by atoms with van der Waals surface area (Å²) in [5.41, 5.74) is 2.64. The largest absolute Gasteiger partial charge is 0.493 e. The molecule has 0 aliphatic heterocycles. The van der Waals surface area contributed by atoms with E-state index in [0.29, 0.717) is 17.3 Å². The zero-order valence-electron chi connectivity index (χ0n) is 15.1. The zero-order valence-corrected chi connectivity index (χ0v) is 16.6. The zero-order chi connectivity index (χ0) is 19.0. The van der Waals surface area contributed by atoms with E-state index in [4.69, 9.17) is 26.1 Å². The first-order valence-corrected chi connectivity index (χ1v) is 9.61. The van der Waals surface area contributed by atoms with Gasteiger partial charge in [0.15, 0.2) is 22.3 Å². The van der Waals surface area contributed by atoms with Gasteiger partial charge in [-0.2, -0.15) is 4.52 Å². The number of benzene rings is 2. The number of fused-ring (bicyclic) bond motifs is 3. The van der Waals surface area contributed by atoms with Crippen LogP contribution in [0.3, 0.4) is 0 Å². The summed E-state index contributed by atoms with van der Waals surface area (Å²) in [5.74, 6) is 2.67. The van der Waals surface area contributed by atoms with Gasteiger partial charge in [0, 0.05) is 22.2 Å². The number of hydrogen-bond donors (Lipinski definition) is 0. The van der Waals surface area contributed by atoms with E-state index >= 15 is 0 Å². The average molecular weight is 401 g/mol. The van der Waals surface area contributed by atoms with E-state index in [-0.39, 0.29) is 0 Å². The minimum absolute atomic E-state index is 0.629. The molecule has 0 radical (unpaired) electrons. The van der Waals surface area contributed by atoms with Crippen LogP contribution in [-0.4, -0.2) is 33.8 Å². The Morgan fingerprint density at radius 1 is 1.07 bits per heavy atom. The molecule has 27 heavy (non-hydrogen) atoms. The third kappa shape index (κ3) is 3.40. The molecular formula is C19H17ClN4O2S. The Kier molecular flexibility index (Phi) is 4.80. The molecule has 0 saturated heterocycles. The van der Waals surface area contributed by atoms with Gasteiger partial charge in [0.2, 0.25) is 0 Å². The second-order valence-corrected chi connectivity index (χ2v) is 7.31. The molecule has 0 spiro atoms. The van der Waals surface area contributed by atoms with Crippen LogP contribution in [0.15, 0.2) is 41.6 Å². The third-order valence-electron chi connectivity index (χ3n) is 4.11. The SMILES string of the molecule is COc1cc2nc(SCc3cccc(Cl)c3)n3nc(C)nc3c2cc1OC. The van der Waals surface area contributed by atoms with Crippen molar-refractivity contribution in [2.24, 2.45) is 0 Å². The van der Waals surface area contributed by atoms with Gasteiger partial charge in [0.1, 0.15) is 5.82 Å². The van der Waals surface area contributed by atoms with Crippen LogP contribution >= 0.6 is 23.4 Å². The minimum Gasteiger partial charge on any atom is -0.493 e. The molecule has 0 N–H and O–H groups in total. The maximum Gasteiger partial charge on any atom is 0.191 e. The van der Waals surface area contributed by atoms with Crippen molar-refractivity contribution in [1.82, 2.24) is 19.6 Å². The summed E-state index contributed by atoms with van der Waals surface area (Å²) in [6.45, 7) is 1.87. The molecule has 6 nitrogen and oxygen atoms in total. The number of hydrogen-bond acceptors (Lipinski definition) is 6. The quantitative estimate of drug-likeness (QED) is 0.362. The molecule has 4 rings (SSSR count). The Morgan fingerprint density at radius 3 is 2.59 bits per heavy atom. The van der Waals surface area contributed by atoms with Crippen molar-refractivity contribution in [3.8, 4) is 11.5 Å². The maximum atomic E-state index is 6.09. The van der Waals surface area contributed by atoms with Crippen molar-refractivity contribution < 1.29 is 9.47 Å². The van der Waals surface area contributed by atoms with Gasteiger partial charge >= 0.3 is 0 Å². The van der Waals surface area contributed by atoms with Crippen molar-refractivity contribution in [2.75, 3.05) is 14.2 Å². The number of halogens is 1. The first-order chi connectivity index (χ1) is 13.1. The summed E-state index contributed by atoms with van der Waals surface area (Å²) in [6.07, 6.45) is 0. The molecule has 0 atom stereocenters. The second kappa shape index (κ2) is 7.25. The highest BCUT2D eigenvalue weighted by atomic mass is 35.5. The Labute approximate surface area is 165 Å². The van der Waals surface area contributed by atoms with E-state index in [1.807, 2.05) is 43.3 Å². The van der Waals surface area contributed by atoms with Gasteiger partial charge in [0.05, 0.1) is 19.7 Å². The van der Waals surface area contributed by atoms with Crippen LogP contribution in [0.4, 0.5) is 0 Å². The summed E-state index contributed by atoms with van der Waals surface area (Å²) in [4.78, 5) is 9.38. The molecule has 0 saturated carbocycles. The highest BCUT2D eigenvalue weighted by Crippen LogP contribution is 2.34. The lowest BCUT2D eigenvalue weighted by Gasteiger charge is -2.11. The predicted octanol–water partition coefficient (Wildman–Crippen LogP) is 4.55. The summed E-state index contributed by atoms with van der Waals surface area (Å²) in [5, 5.41) is 6.85. The standard InChI is InChI=1S/C19H17ClN4O2S/c1-11-21-18-14-8-16(25-2)17(26-3)9-15(14)22-19(24(18)23-11)27-10-12-5-4-6-13(20)7-12/h4-9H,10H2,1-3H3. The van der Waals surface area contributed by atoms with Crippen LogP contribution in [0.25, 0.3) is 16.6 Å². The van der Waals surface area contributed by atoms with E-state index in [1.54, 1.807) is 30.5 Å². The Balaban J connectivity index is 1.83. The fourth-order valence-corrected chi connectivity index (χ4v) is 3.98. The van der Waals surface area contributed by atoms with Crippen LogP contribution in [0.1, 0.15) is 11.4 Å². The molecule has 0 bridgehead atoms. The summed E-state index contributed by atoms with van der Waals surface area (Å²) >= 11 is 7.67. The average Bonchev–Trinajstić information content (AvgIpc) is 3.07. The smallest absolute Gasteiger partial charge is 0.191 e. The molecule has 0 amide bonds. The first kappa shape index (κ1) is 17.9. The van der Waals surface area contributed by atoms with Crippen molar-refractivity contribution in [3.63, 3.8) is 0 Å². The molecule has 2 aromatic carbocycles. The van der Waals surface area contributed by atoms with Crippen molar-refractivity contribution in [2.45, 2.75) is 17.8 Å². The normalized spacial score (nSPS) is 11.3. The summed E-state index contributed by atoms with van der Waals surface area (Å²) in [7, 11) is 3.22. The number of methoxy groups -OCH3 is 2. The van der Waals surface area contributed by atoms with Gasteiger partial charge in [-0.3, -0.25) is 0 Å². The van der Waals surface area contributed by atoms with E-state index in [0.717, 1.165) is 38.0 Å². The minimum atomic E-state index is 0.629. The highest BCUT2D eigenvalue weighted by molar-refractivity contribution is 7.98. The number of aromatic nitrogens is 4. The number of nitrogens with zero attached hydrogens (tertiary/aromatic N) is 4. The van der Waals surface area contributed by atoms with E-state index in [1.165, 1.54) is 0 Å². The van der Waals surface area contributed by atoms with Gasteiger partial charge in [-0.1, -0.05) is 35.5 Å². The van der Waals surface area contributed by atoms with E-state index < -0.39 is 0 Å². The van der Waals surface area contributed by atoms with Crippen molar-refractivity contribution >= 4 is 39.9 Å². The van der Waals surface area contributed by atoms with Crippen LogP contribution in [0.5, 0.6) is 11.5 Å². The van der Waals surface area contributed by atoms with Crippen LogP contribution in [0, 0.1) is 6.92 Å². The molecule has 8 heteroatoms. The predicted molar refractivity (Wildman–Crippen MR) is 107 cm³/mol. The lowest BCUT2D eigenvalue weighted by atomic mass is 10.2. The second-order valence-electron chi connectivity index (χ2n) is 5.93. The third-order valence-corrected chi connectivity index (χ3v) is 5.35. The fourth-order valence-electron chi connectivity index (χ4n) is 2.88. The van der Waals surface area contributed by atoms with Crippen LogP contribution in [0.2, 0.25) is 5.02 Å². The number of aryl methyl sites for hydroxylation is 1. The van der Waals surface area contributed by atoms with Crippen molar-refractivity contribution in [3.05, 3.63) is 52.8 Å². The van der Waals surface area contributed by atoms with E-state index in [9.17, 15) is 0 Å². The fraction of sp³-hybridized carbons (Fsp3) is 0.211. The topological polar surface area (TPSA) is 61.5 Å². The molecule has 2 aromatic heterocycles. The summed E-state index contributed by atoms with van der Waals surface area (Å²) in [6, 6.07) is 11.5.